The molecule has 2 N–H and O–H groups in total. The van der Waals surface area contributed by atoms with Crippen LogP contribution in [-0.4, -0.2) is 24.1 Å². The Morgan fingerprint density at radius 2 is 2.22 bits per heavy atom. The lowest BCUT2D eigenvalue weighted by Crippen LogP contribution is -2.39. The quantitative estimate of drug-likeness (QED) is 0.908. The Balaban J connectivity index is 0.00000120. The third-order valence-corrected chi connectivity index (χ3v) is 4.20. The van der Waals surface area contributed by atoms with Gasteiger partial charge < -0.3 is 10.6 Å². The van der Waals surface area contributed by atoms with Gasteiger partial charge >= 0.3 is 0 Å². The highest BCUT2D eigenvalue weighted by atomic mass is 35.5. The maximum atomic E-state index is 4.58. The third kappa shape index (κ3) is 3.13. The van der Waals surface area contributed by atoms with E-state index in [0.717, 1.165) is 23.7 Å². The lowest BCUT2D eigenvalue weighted by Gasteiger charge is -2.23. The molecule has 0 aliphatic carbocycles. The summed E-state index contributed by atoms with van der Waals surface area (Å²) >= 11 is 1.74. The van der Waals surface area contributed by atoms with Gasteiger partial charge in [-0.3, -0.25) is 0 Å². The lowest BCUT2D eigenvalue weighted by atomic mass is 10.1. The number of hydrogen-bond acceptors (Lipinski definition) is 4. The molecule has 3 nitrogen and oxygen atoms in total. The molecule has 3 rings (SSSR count). The molecule has 1 aliphatic rings. The van der Waals surface area contributed by atoms with Crippen LogP contribution in [0.5, 0.6) is 0 Å². The summed E-state index contributed by atoms with van der Waals surface area (Å²) in [5.41, 5.74) is 1.09. The molecule has 1 fully saturated rings. The number of aromatic nitrogens is 1. The number of halogens is 1. The Labute approximate surface area is 117 Å². The van der Waals surface area contributed by atoms with Crippen molar-refractivity contribution >= 4 is 39.1 Å². The number of nitrogens with one attached hydrogen (secondary N) is 2. The van der Waals surface area contributed by atoms with E-state index in [4.69, 9.17) is 0 Å². The van der Waals surface area contributed by atoms with Gasteiger partial charge in [0, 0.05) is 12.6 Å². The summed E-state index contributed by atoms with van der Waals surface area (Å²) in [6.45, 7) is 2.14. The van der Waals surface area contributed by atoms with Gasteiger partial charge in [-0.1, -0.05) is 29.9 Å². The first kappa shape index (κ1) is 13.6. The summed E-state index contributed by atoms with van der Waals surface area (Å²) in [6, 6.07) is 8.89. The van der Waals surface area contributed by atoms with Gasteiger partial charge in [-0.05, 0) is 31.5 Å². The fraction of sp³-hybridized carbons (Fsp3) is 0.462. The van der Waals surface area contributed by atoms with Gasteiger partial charge in [0.05, 0.1) is 10.2 Å². The Morgan fingerprint density at radius 3 is 3.00 bits per heavy atom. The van der Waals surface area contributed by atoms with Crippen LogP contribution < -0.4 is 10.6 Å². The molecule has 1 saturated heterocycles. The number of nitrogens with zero attached hydrogens (tertiary/aromatic N) is 1. The molecule has 0 amide bonds. The number of piperidine rings is 1. The van der Waals surface area contributed by atoms with Crippen LogP contribution in [-0.2, 0) is 0 Å². The van der Waals surface area contributed by atoms with E-state index in [1.54, 1.807) is 11.3 Å². The molecular formula is C13H18ClN3S. The minimum atomic E-state index is 0. The second-order valence-electron chi connectivity index (χ2n) is 4.51. The number of benzene rings is 1. The zero-order chi connectivity index (χ0) is 11.5. The largest absolute Gasteiger partial charge is 0.360 e. The molecule has 1 aromatic carbocycles. The van der Waals surface area contributed by atoms with Crippen LogP contribution in [0.2, 0.25) is 0 Å². The molecule has 1 aliphatic heterocycles. The summed E-state index contributed by atoms with van der Waals surface area (Å²) < 4.78 is 1.26. The minimum Gasteiger partial charge on any atom is -0.360 e. The number of para-hydroxylation sites is 1. The monoisotopic (exact) mass is 283 g/mol. The SMILES string of the molecule is Cl.c1ccc2sc(NCC3CCCCN3)nc2c1. The van der Waals surface area contributed by atoms with Gasteiger partial charge in [-0.15, -0.1) is 12.4 Å². The van der Waals surface area contributed by atoms with Crippen LogP contribution in [0, 0.1) is 0 Å². The molecule has 2 heterocycles. The highest BCUT2D eigenvalue weighted by Gasteiger charge is 2.12. The smallest absolute Gasteiger partial charge is 0.183 e. The van der Waals surface area contributed by atoms with Crippen molar-refractivity contribution in [2.75, 3.05) is 18.4 Å². The van der Waals surface area contributed by atoms with Crippen molar-refractivity contribution in [2.45, 2.75) is 25.3 Å². The summed E-state index contributed by atoms with van der Waals surface area (Å²) in [5, 5.41) is 8.03. The van der Waals surface area contributed by atoms with Crippen LogP contribution in [0.1, 0.15) is 19.3 Å². The number of rotatable bonds is 3. The molecule has 0 radical (unpaired) electrons. The van der Waals surface area contributed by atoms with Gasteiger partial charge in [0.2, 0.25) is 0 Å². The fourth-order valence-corrected chi connectivity index (χ4v) is 3.13. The maximum Gasteiger partial charge on any atom is 0.183 e. The summed E-state index contributed by atoms with van der Waals surface area (Å²) in [6.07, 6.45) is 3.94. The highest BCUT2D eigenvalue weighted by molar-refractivity contribution is 7.22. The second-order valence-corrected chi connectivity index (χ2v) is 5.55. The van der Waals surface area contributed by atoms with Gasteiger partial charge in [-0.2, -0.15) is 0 Å². The van der Waals surface area contributed by atoms with Crippen molar-refractivity contribution in [3.8, 4) is 0 Å². The van der Waals surface area contributed by atoms with Gasteiger partial charge in [0.25, 0.3) is 0 Å². The van der Waals surface area contributed by atoms with E-state index < -0.39 is 0 Å². The van der Waals surface area contributed by atoms with Crippen LogP contribution in [0.25, 0.3) is 10.2 Å². The standard InChI is InChI=1S/C13H17N3S.ClH/c1-2-7-12-11(6-1)16-13(17-12)15-9-10-5-3-4-8-14-10;/h1-2,6-7,10,14H,3-5,8-9H2,(H,15,16);1H. The van der Waals surface area contributed by atoms with E-state index in [1.807, 2.05) is 6.07 Å². The summed E-state index contributed by atoms with van der Waals surface area (Å²) in [5.74, 6) is 0. The maximum absolute atomic E-state index is 4.58. The van der Waals surface area contributed by atoms with Crippen molar-refractivity contribution in [1.29, 1.82) is 0 Å². The highest BCUT2D eigenvalue weighted by Crippen LogP contribution is 2.25. The second kappa shape index (κ2) is 6.36. The Kier molecular flexibility index (Phi) is 4.80. The van der Waals surface area contributed by atoms with E-state index in [2.05, 4.69) is 33.8 Å². The molecule has 1 aromatic heterocycles. The lowest BCUT2D eigenvalue weighted by molar-refractivity contribution is 0.414. The molecule has 1 unspecified atom stereocenters. The first-order valence-corrected chi connectivity index (χ1v) is 7.06. The Morgan fingerprint density at radius 1 is 1.33 bits per heavy atom. The van der Waals surface area contributed by atoms with Gasteiger partial charge in [0.15, 0.2) is 5.13 Å². The normalized spacial score (nSPS) is 19.4. The van der Waals surface area contributed by atoms with E-state index in [-0.39, 0.29) is 12.4 Å². The van der Waals surface area contributed by atoms with Crippen molar-refractivity contribution in [3.05, 3.63) is 24.3 Å². The van der Waals surface area contributed by atoms with Crippen LogP contribution in [0.15, 0.2) is 24.3 Å². The van der Waals surface area contributed by atoms with Crippen molar-refractivity contribution in [3.63, 3.8) is 0 Å². The van der Waals surface area contributed by atoms with Crippen LogP contribution in [0.3, 0.4) is 0 Å². The van der Waals surface area contributed by atoms with Gasteiger partial charge in [0.1, 0.15) is 0 Å². The van der Waals surface area contributed by atoms with E-state index in [0.29, 0.717) is 6.04 Å². The van der Waals surface area contributed by atoms with E-state index in [9.17, 15) is 0 Å². The topological polar surface area (TPSA) is 37.0 Å². The molecule has 18 heavy (non-hydrogen) atoms. The molecule has 0 saturated carbocycles. The zero-order valence-electron chi connectivity index (χ0n) is 10.2. The zero-order valence-corrected chi connectivity index (χ0v) is 11.8. The number of hydrogen-bond donors (Lipinski definition) is 2. The summed E-state index contributed by atoms with van der Waals surface area (Å²) in [4.78, 5) is 4.58. The van der Waals surface area contributed by atoms with Crippen LogP contribution in [0.4, 0.5) is 5.13 Å². The number of fused-ring (bicyclic) bond motifs is 1. The molecule has 2 aromatic rings. The fourth-order valence-electron chi connectivity index (χ4n) is 2.26. The van der Waals surface area contributed by atoms with Crippen molar-refractivity contribution < 1.29 is 0 Å². The number of anilines is 1. The molecular weight excluding hydrogens is 266 g/mol. The molecule has 0 bridgehead atoms. The molecule has 0 spiro atoms. The van der Waals surface area contributed by atoms with Gasteiger partial charge in [-0.25, -0.2) is 4.98 Å². The minimum absolute atomic E-state index is 0. The first-order valence-electron chi connectivity index (χ1n) is 6.25. The third-order valence-electron chi connectivity index (χ3n) is 3.21. The average Bonchev–Trinajstić information content (AvgIpc) is 2.80. The number of thiazole rings is 1. The molecule has 98 valence electrons. The van der Waals surface area contributed by atoms with Crippen LogP contribution >= 0.6 is 23.7 Å². The molecule has 1 atom stereocenters. The summed E-state index contributed by atoms with van der Waals surface area (Å²) in [7, 11) is 0. The average molecular weight is 284 g/mol. The Hall–Kier alpha value is -0.840. The molecule has 5 heteroatoms. The van der Waals surface area contributed by atoms with Crippen molar-refractivity contribution in [2.24, 2.45) is 0 Å². The predicted molar refractivity (Wildman–Crippen MR) is 81.0 cm³/mol. The van der Waals surface area contributed by atoms with E-state index in [1.165, 1.54) is 24.0 Å². The van der Waals surface area contributed by atoms with Crippen molar-refractivity contribution in [1.82, 2.24) is 10.3 Å². The predicted octanol–water partition coefficient (Wildman–Crippen LogP) is 3.27. The van der Waals surface area contributed by atoms with E-state index >= 15 is 0 Å². The first-order chi connectivity index (χ1) is 8.42. The Bertz CT molecular complexity index is 461.